The molecule has 0 saturated heterocycles. The number of nitrogens with zero attached hydrogens (tertiary/aromatic N) is 3. The number of benzene rings is 2. The third-order valence-electron chi connectivity index (χ3n) is 5.23. The van der Waals surface area contributed by atoms with Crippen molar-refractivity contribution in [3.05, 3.63) is 115 Å². The van der Waals surface area contributed by atoms with Gasteiger partial charge in [-0.1, -0.05) is 29.8 Å². The molecular weight excluding hydrogens is 599 g/mol. The van der Waals surface area contributed by atoms with E-state index in [9.17, 15) is 0 Å². The molecule has 0 N–H and O–H groups in total. The van der Waals surface area contributed by atoms with Crippen LogP contribution in [-0.4, -0.2) is 15.0 Å². The molecule has 0 fully saturated rings. The van der Waals surface area contributed by atoms with E-state index in [2.05, 4.69) is 33.2 Å². The van der Waals surface area contributed by atoms with Gasteiger partial charge in [-0.05, 0) is 54.4 Å². The van der Waals surface area contributed by atoms with Crippen LogP contribution in [0, 0.1) is 26.0 Å². The van der Waals surface area contributed by atoms with Gasteiger partial charge in [0.2, 0.25) is 0 Å². The molecule has 0 aliphatic carbocycles. The number of rotatable bonds is 2. The molecule has 4 nitrogen and oxygen atoms in total. The van der Waals surface area contributed by atoms with E-state index in [1.165, 1.54) is 5.56 Å². The maximum atomic E-state index is 5.96. The minimum Gasteiger partial charge on any atom is -0.499 e. The van der Waals surface area contributed by atoms with Crippen molar-refractivity contribution in [2.45, 2.75) is 13.8 Å². The first-order valence-electron chi connectivity index (χ1n) is 10.7. The summed E-state index contributed by atoms with van der Waals surface area (Å²) in [4.78, 5) is 13.3. The minimum atomic E-state index is 0. The Morgan fingerprint density at radius 2 is 1.65 bits per heavy atom. The van der Waals surface area contributed by atoms with Gasteiger partial charge in [0.1, 0.15) is 5.58 Å². The van der Waals surface area contributed by atoms with Gasteiger partial charge in [0, 0.05) is 38.2 Å². The van der Waals surface area contributed by atoms with Crippen molar-refractivity contribution in [2.24, 2.45) is 0 Å². The summed E-state index contributed by atoms with van der Waals surface area (Å²) in [7, 11) is 0. The first-order chi connectivity index (χ1) is 16.2. The van der Waals surface area contributed by atoms with Crippen molar-refractivity contribution in [2.75, 3.05) is 0 Å². The summed E-state index contributed by atoms with van der Waals surface area (Å²) in [5.41, 5.74) is 8.39. The van der Waals surface area contributed by atoms with Crippen LogP contribution in [-0.2, 0) is 20.1 Å². The number of furan rings is 1. The first kappa shape index (κ1) is 23.5. The SMILES string of the molecule is Cc1ccc(-c2[c-]cccc2)nc1.Cc1ccc2oc3c(-c4ccccn4)[c-]ccc3c2n1.[Ir]. The number of aryl methyl sites for hydroxylation is 2. The van der Waals surface area contributed by atoms with Crippen molar-refractivity contribution in [3.8, 4) is 22.5 Å². The topological polar surface area (TPSA) is 51.8 Å². The molecule has 0 atom stereocenters. The van der Waals surface area contributed by atoms with Gasteiger partial charge in [-0.15, -0.1) is 54.1 Å². The number of hydrogen-bond donors (Lipinski definition) is 0. The van der Waals surface area contributed by atoms with E-state index >= 15 is 0 Å². The average Bonchev–Trinajstić information content (AvgIpc) is 3.24. The molecule has 0 amide bonds. The van der Waals surface area contributed by atoms with Crippen LogP contribution < -0.4 is 0 Å². The van der Waals surface area contributed by atoms with Crippen LogP contribution in [0.1, 0.15) is 11.3 Å². The van der Waals surface area contributed by atoms with Crippen molar-refractivity contribution >= 4 is 22.1 Å². The van der Waals surface area contributed by atoms with Gasteiger partial charge in [0.05, 0.1) is 11.1 Å². The molecule has 0 spiro atoms. The fourth-order valence-electron chi connectivity index (χ4n) is 3.59. The fraction of sp³-hybridized carbons (Fsp3) is 0.0690. The summed E-state index contributed by atoms with van der Waals surface area (Å²) in [6.07, 6.45) is 3.64. The summed E-state index contributed by atoms with van der Waals surface area (Å²) in [6.45, 7) is 4.01. The second-order valence-corrected chi connectivity index (χ2v) is 7.71. The van der Waals surface area contributed by atoms with Gasteiger partial charge in [-0.3, -0.25) is 4.98 Å². The Morgan fingerprint density at radius 1 is 0.765 bits per heavy atom. The van der Waals surface area contributed by atoms with E-state index < -0.39 is 0 Å². The van der Waals surface area contributed by atoms with Crippen molar-refractivity contribution in [1.82, 2.24) is 15.0 Å². The van der Waals surface area contributed by atoms with Crippen molar-refractivity contribution in [3.63, 3.8) is 0 Å². The van der Waals surface area contributed by atoms with Crippen LogP contribution in [0.4, 0.5) is 0 Å². The van der Waals surface area contributed by atoms with E-state index in [0.29, 0.717) is 0 Å². The third kappa shape index (κ3) is 4.96. The summed E-state index contributed by atoms with van der Waals surface area (Å²) in [6, 6.07) is 31.9. The van der Waals surface area contributed by atoms with E-state index in [1.54, 1.807) is 6.20 Å². The van der Waals surface area contributed by atoms with Crippen LogP contribution in [0.2, 0.25) is 0 Å². The van der Waals surface area contributed by atoms with Crippen LogP contribution in [0.15, 0.2) is 95.7 Å². The number of hydrogen-bond acceptors (Lipinski definition) is 4. The van der Waals surface area contributed by atoms with Gasteiger partial charge >= 0.3 is 0 Å². The standard InChI is InChI=1S/C17H11N2O.C12H10N.Ir/c1-11-8-9-15-16(19-11)13-6-4-5-12(17(13)20-15)14-7-2-3-10-18-14;1-10-7-8-12(13-9-10)11-5-3-2-4-6-11;/h2-4,6-10H,1H3;2-5,7-9H,1H3;/q2*-1;. The predicted molar refractivity (Wildman–Crippen MR) is 132 cm³/mol. The Hall–Kier alpha value is -3.66. The number of aromatic nitrogens is 3. The Labute approximate surface area is 212 Å². The predicted octanol–water partition coefficient (Wildman–Crippen LogP) is 7.01. The largest absolute Gasteiger partial charge is 0.499 e. The zero-order chi connectivity index (χ0) is 22.6. The maximum absolute atomic E-state index is 5.96. The smallest absolute Gasteiger partial charge is 0.139 e. The normalized spacial score (nSPS) is 10.4. The zero-order valence-corrected chi connectivity index (χ0v) is 21.1. The summed E-state index contributed by atoms with van der Waals surface area (Å²) < 4.78 is 5.96. The van der Waals surface area contributed by atoms with Crippen LogP contribution in [0.3, 0.4) is 0 Å². The third-order valence-corrected chi connectivity index (χ3v) is 5.23. The van der Waals surface area contributed by atoms with Gasteiger partial charge in [-0.2, -0.15) is 0 Å². The van der Waals surface area contributed by atoms with Crippen molar-refractivity contribution in [1.29, 1.82) is 0 Å². The minimum absolute atomic E-state index is 0. The van der Waals surface area contributed by atoms with Gasteiger partial charge < -0.3 is 14.4 Å². The fourth-order valence-corrected chi connectivity index (χ4v) is 3.59. The van der Waals surface area contributed by atoms with Gasteiger partial charge in [0.25, 0.3) is 0 Å². The Balaban J connectivity index is 0.000000171. The molecule has 6 rings (SSSR count). The molecule has 169 valence electrons. The van der Waals surface area contributed by atoms with Gasteiger partial charge in [0.15, 0.2) is 0 Å². The van der Waals surface area contributed by atoms with Crippen LogP contribution >= 0.6 is 0 Å². The molecule has 4 heterocycles. The molecule has 6 aromatic rings. The Kier molecular flexibility index (Phi) is 7.27. The zero-order valence-electron chi connectivity index (χ0n) is 18.7. The molecule has 0 bridgehead atoms. The number of pyridine rings is 3. The molecule has 0 aliphatic rings. The summed E-state index contributed by atoms with van der Waals surface area (Å²) in [5, 5.41) is 1.00. The molecule has 0 unspecified atom stereocenters. The molecule has 5 heteroatoms. The molecule has 1 radical (unpaired) electrons. The van der Waals surface area contributed by atoms with Gasteiger partial charge in [-0.25, -0.2) is 0 Å². The second-order valence-electron chi connectivity index (χ2n) is 7.71. The van der Waals surface area contributed by atoms with Crippen LogP contribution in [0.25, 0.3) is 44.6 Å². The quantitative estimate of drug-likeness (QED) is 0.196. The molecule has 2 aromatic carbocycles. The first-order valence-corrected chi connectivity index (χ1v) is 10.7. The van der Waals surface area contributed by atoms with E-state index in [4.69, 9.17) is 4.42 Å². The molecular formula is C29H21IrN3O-2. The molecule has 0 saturated carbocycles. The average molecular weight is 620 g/mol. The Morgan fingerprint density at radius 3 is 2.38 bits per heavy atom. The monoisotopic (exact) mass is 620 g/mol. The second kappa shape index (κ2) is 10.5. The van der Waals surface area contributed by atoms with E-state index in [1.807, 2.05) is 92.8 Å². The van der Waals surface area contributed by atoms with Crippen molar-refractivity contribution < 1.29 is 24.5 Å². The molecule has 4 aromatic heterocycles. The maximum Gasteiger partial charge on any atom is 0.139 e. The molecule has 34 heavy (non-hydrogen) atoms. The number of fused-ring (bicyclic) bond motifs is 3. The summed E-state index contributed by atoms with van der Waals surface area (Å²) in [5.74, 6) is 0. The van der Waals surface area contributed by atoms with E-state index in [-0.39, 0.29) is 20.1 Å². The van der Waals surface area contributed by atoms with E-state index in [0.717, 1.165) is 50.3 Å². The summed E-state index contributed by atoms with van der Waals surface area (Å²) >= 11 is 0. The Bertz CT molecular complexity index is 1510. The van der Waals surface area contributed by atoms with Crippen LogP contribution in [0.5, 0.6) is 0 Å². The molecule has 0 aliphatic heterocycles.